The van der Waals surface area contributed by atoms with Crippen LogP contribution < -0.4 is 5.73 Å². The summed E-state index contributed by atoms with van der Waals surface area (Å²) in [7, 11) is 2.16. The van der Waals surface area contributed by atoms with E-state index in [-0.39, 0.29) is 11.5 Å². The second-order valence-electron chi connectivity index (χ2n) is 6.02. The van der Waals surface area contributed by atoms with Crippen LogP contribution in [0.1, 0.15) is 36.6 Å². The van der Waals surface area contributed by atoms with E-state index >= 15 is 0 Å². The zero-order chi connectivity index (χ0) is 13.3. The van der Waals surface area contributed by atoms with E-state index in [2.05, 4.69) is 44.9 Å². The third-order valence-electron chi connectivity index (χ3n) is 3.49. The molecule has 18 heavy (non-hydrogen) atoms. The fraction of sp³-hybridized carbons (Fsp3) is 0.714. The van der Waals surface area contributed by atoms with Crippen molar-refractivity contribution in [2.24, 2.45) is 5.73 Å². The van der Waals surface area contributed by atoms with Gasteiger partial charge in [-0.15, -0.1) is 11.3 Å². The van der Waals surface area contributed by atoms with E-state index in [1.54, 1.807) is 0 Å². The standard InChI is InChI=1S/C14H24N2OS/c1-14(2,3)12-6-5-11(18-12)13-10(9-15)17-8-7-16(13)4/h5-6,10,13H,7-9,15H2,1-4H3. The highest BCUT2D eigenvalue weighted by Gasteiger charge is 2.32. The third-order valence-corrected chi connectivity index (χ3v) is 5.07. The van der Waals surface area contributed by atoms with Crippen LogP contribution in [0, 0.1) is 0 Å². The number of hydrogen-bond acceptors (Lipinski definition) is 4. The highest BCUT2D eigenvalue weighted by atomic mass is 32.1. The molecule has 1 aliphatic heterocycles. The summed E-state index contributed by atoms with van der Waals surface area (Å²) >= 11 is 1.89. The van der Waals surface area contributed by atoms with E-state index < -0.39 is 0 Å². The normalized spacial score (nSPS) is 26.5. The number of hydrogen-bond donors (Lipinski definition) is 1. The topological polar surface area (TPSA) is 38.5 Å². The second kappa shape index (κ2) is 5.29. The molecular weight excluding hydrogens is 244 g/mol. The van der Waals surface area contributed by atoms with Crippen molar-refractivity contribution in [3.8, 4) is 0 Å². The van der Waals surface area contributed by atoms with Crippen molar-refractivity contribution in [2.45, 2.75) is 38.3 Å². The summed E-state index contributed by atoms with van der Waals surface area (Å²) in [5.41, 5.74) is 6.06. The Morgan fingerprint density at radius 1 is 1.44 bits per heavy atom. The number of ether oxygens (including phenoxy) is 1. The first-order chi connectivity index (χ1) is 8.43. The van der Waals surface area contributed by atoms with Crippen LogP contribution in [0.5, 0.6) is 0 Å². The molecule has 0 aromatic carbocycles. The van der Waals surface area contributed by atoms with Gasteiger partial charge in [-0.1, -0.05) is 20.8 Å². The summed E-state index contributed by atoms with van der Waals surface area (Å²) in [4.78, 5) is 5.16. The number of nitrogens with zero attached hydrogens (tertiary/aromatic N) is 1. The molecule has 0 spiro atoms. The van der Waals surface area contributed by atoms with E-state index in [1.807, 2.05) is 11.3 Å². The smallest absolute Gasteiger partial charge is 0.0902 e. The molecule has 102 valence electrons. The minimum absolute atomic E-state index is 0.121. The third kappa shape index (κ3) is 2.77. The molecule has 2 heterocycles. The maximum Gasteiger partial charge on any atom is 0.0902 e. The highest BCUT2D eigenvalue weighted by molar-refractivity contribution is 7.12. The fourth-order valence-electron chi connectivity index (χ4n) is 2.37. The van der Waals surface area contributed by atoms with Crippen LogP contribution in [-0.4, -0.2) is 37.7 Å². The zero-order valence-electron chi connectivity index (χ0n) is 11.8. The Kier molecular flexibility index (Phi) is 4.11. The largest absolute Gasteiger partial charge is 0.374 e. The summed E-state index contributed by atoms with van der Waals surface area (Å²) in [5, 5.41) is 0. The molecule has 4 heteroatoms. The molecular formula is C14H24N2OS. The quantitative estimate of drug-likeness (QED) is 0.895. The van der Waals surface area contributed by atoms with Gasteiger partial charge in [0.25, 0.3) is 0 Å². The Morgan fingerprint density at radius 3 is 2.72 bits per heavy atom. The van der Waals surface area contributed by atoms with E-state index in [1.165, 1.54) is 9.75 Å². The Labute approximate surface area is 114 Å². The number of nitrogens with two attached hydrogens (primary N) is 1. The lowest BCUT2D eigenvalue weighted by Gasteiger charge is -2.38. The predicted octanol–water partition coefficient (Wildman–Crippen LogP) is 2.38. The minimum atomic E-state index is 0.121. The number of morpholine rings is 1. The average Bonchev–Trinajstić information content (AvgIpc) is 2.77. The molecule has 3 nitrogen and oxygen atoms in total. The number of thiophene rings is 1. The zero-order valence-corrected chi connectivity index (χ0v) is 12.6. The monoisotopic (exact) mass is 268 g/mol. The first-order valence-corrected chi connectivity index (χ1v) is 7.37. The molecule has 2 unspecified atom stereocenters. The van der Waals surface area contributed by atoms with Gasteiger partial charge in [0, 0.05) is 22.8 Å². The van der Waals surface area contributed by atoms with Crippen LogP contribution in [-0.2, 0) is 10.2 Å². The summed E-state index contributed by atoms with van der Waals surface area (Å²) in [6.07, 6.45) is 0.121. The molecule has 0 aliphatic carbocycles. The van der Waals surface area contributed by atoms with Crippen LogP contribution in [0.3, 0.4) is 0 Å². The van der Waals surface area contributed by atoms with Crippen molar-refractivity contribution in [1.82, 2.24) is 4.90 Å². The van der Waals surface area contributed by atoms with Crippen molar-refractivity contribution >= 4 is 11.3 Å². The lowest BCUT2D eigenvalue weighted by molar-refractivity contribution is -0.0564. The molecule has 0 bridgehead atoms. The molecule has 1 saturated heterocycles. The predicted molar refractivity (Wildman–Crippen MR) is 77.2 cm³/mol. The van der Waals surface area contributed by atoms with Crippen LogP contribution >= 0.6 is 11.3 Å². The van der Waals surface area contributed by atoms with E-state index in [0.29, 0.717) is 12.6 Å². The van der Waals surface area contributed by atoms with Gasteiger partial charge in [-0.05, 0) is 24.6 Å². The number of likely N-dealkylation sites (N-methyl/N-ethyl adjacent to an activating group) is 1. The molecule has 1 aromatic heterocycles. The lowest BCUT2D eigenvalue weighted by Crippen LogP contribution is -2.46. The van der Waals surface area contributed by atoms with Crippen molar-refractivity contribution in [1.29, 1.82) is 0 Å². The molecule has 0 saturated carbocycles. The van der Waals surface area contributed by atoms with Crippen molar-refractivity contribution in [3.63, 3.8) is 0 Å². The van der Waals surface area contributed by atoms with E-state index in [9.17, 15) is 0 Å². The van der Waals surface area contributed by atoms with Gasteiger partial charge in [-0.2, -0.15) is 0 Å². The highest BCUT2D eigenvalue weighted by Crippen LogP contribution is 2.36. The molecule has 0 amide bonds. The molecule has 1 aliphatic rings. The van der Waals surface area contributed by atoms with Crippen LogP contribution in [0.4, 0.5) is 0 Å². The molecule has 2 atom stereocenters. The molecule has 2 rings (SSSR count). The maximum absolute atomic E-state index is 5.84. The molecule has 2 N–H and O–H groups in total. The van der Waals surface area contributed by atoms with Gasteiger partial charge < -0.3 is 10.5 Å². The Bertz CT molecular complexity index is 397. The van der Waals surface area contributed by atoms with Crippen molar-refractivity contribution < 1.29 is 4.74 Å². The second-order valence-corrected chi connectivity index (χ2v) is 7.14. The van der Waals surface area contributed by atoms with Gasteiger partial charge in [0.15, 0.2) is 0 Å². The average molecular weight is 268 g/mol. The first kappa shape index (κ1) is 14.0. The molecule has 1 aromatic rings. The Hall–Kier alpha value is -0.420. The van der Waals surface area contributed by atoms with E-state index in [4.69, 9.17) is 10.5 Å². The summed E-state index contributed by atoms with van der Waals surface area (Å²) < 4.78 is 5.80. The lowest BCUT2D eigenvalue weighted by atomic mass is 9.95. The van der Waals surface area contributed by atoms with Crippen LogP contribution in [0.15, 0.2) is 12.1 Å². The SMILES string of the molecule is CN1CCOC(CN)C1c1ccc(C(C)(C)C)s1. The Balaban J connectivity index is 2.25. The Morgan fingerprint density at radius 2 is 2.17 bits per heavy atom. The minimum Gasteiger partial charge on any atom is -0.374 e. The van der Waals surface area contributed by atoms with Gasteiger partial charge >= 0.3 is 0 Å². The summed E-state index contributed by atoms with van der Waals surface area (Å²) in [6, 6.07) is 4.80. The maximum atomic E-state index is 5.84. The van der Waals surface area contributed by atoms with E-state index in [0.717, 1.165) is 13.2 Å². The summed E-state index contributed by atoms with van der Waals surface area (Å²) in [5.74, 6) is 0. The van der Waals surface area contributed by atoms with Crippen LogP contribution in [0.2, 0.25) is 0 Å². The molecule has 0 radical (unpaired) electrons. The van der Waals surface area contributed by atoms with Crippen molar-refractivity contribution in [3.05, 3.63) is 21.9 Å². The van der Waals surface area contributed by atoms with Gasteiger partial charge in [0.2, 0.25) is 0 Å². The van der Waals surface area contributed by atoms with Gasteiger partial charge in [-0.25, -0.2) is 0 Å². The van der Waals surface area contributed by atoms with Gasteiger partial charge in [0.05, 0.1) is 18.8 Å². The van der Waals surface area contributed by atoms with Crippen LogP contribution in [0.25, 0.3) is 0 Å². The summed E-state index contributed by atoms with van der Waals surface area (Å²) in [6.45, 7) is 9.10. The first-order valence-electron chi connectivity index (χ1n) is 6.55. The van der Waals surface area contributed by atoms with Gasteiger partial charge in [0.1, 0.15) is 0 Å². The number of rotatable bonds is 2. The fourth-order valence-corrected chi connectivity index (χ4v) is 3.66. The molecule has 1 fully saturated rings. The van der Waals surface area contributed by atoms with Gasteiger partial charge in [-0.3, -0.25) is 4.90 Å². The van der Waals surface area contributed by atoms with Crippen molar-refractivity contribution in [2.75, 3.05) is 26.7 Å².